The molecule has 30 heavy (non-hydrogen) atoms. The van der Waals surface area contributed by atoms with Crippen LogP contribution in [0.25, 0.3) is 0 Å². The number of thiazole rings is 1. The van der Waals surface area contributed by atoms with Gasteiger partial charge in [0.05, 0.1) is 13.7 Å². The van der Waals surface area contributed by atoms with Crippen molar-refractivity contribution in [3.63, 3.8) is 0 Å². The molecule has 0 unspecified atom stereocenters. The standard InChI is InChI=1S/C21H20IN3O4S/c1-28-18-5-3-2-4-14(18)10-24-21(27)17-13-30-20(25-17)11-23-19(26)12-29-16-8-6-15(22)7-9-16/h2-9,13H,10-12H2,1H3,(H,23,26)(H,24,27). The number of carbonyl (C=O) groups excluding carboxylic acids is 2. The Kier molecular flexibility index (Phi) is 8.03. The summed E-state index contributed by atoms with van der Waals surface area (Å²) >= 11 is 3.51. The molecule has 0 saturated carbocycles. The zero-order chi connectivity index (χ0) is 21.3. The molecule has 9 heteroatoms. The molecule has 7 nitrogen and oxygen atoms in total. The summed E-state index contributed by atoms with van der Waals surface area (Å²) in [6.07, 6.45) is 0. The van der Waals surface area contributed by atoms with Gasteiger partial charge in [0.2, 0.25) is 0 Å². The Balaban J connectivity index is 1.44. The molecule has 0 fully saturated rings. The second-order valence-electron chi connectivity index (χ2n) is 6.14. The molecular formula is C21H20IN3O4S. The van der Waals surface area contributed by atoms with Crippen LogP contribution in [0.15, 0.2) is 53.9 Å². The molecular weight excluding hydrogens is 517 g/mol. The molecule has 0 atom stereocenters. The first kappa shape index (κ1) is 22.0. The van der Waals surface area contributed by atoms with Crippen LogP contribution in [0.4, 0.5) is 0 Å². The Labute approximate surface area is 192 Å². The van der Waals surface area contributed by atoms with Crippen LogP contribution in [0.1, 0.15) is 21.1 Å². The van der Waals surface area contributed by atoms with Gasteiger partial charge in [-0.2, -0.15) is 0 Å². The van der Waals surface area contributed by atoms with Gasteiger partial charge in [-0.05, 0) is 52.9 Å². The van der Waals surface area contributed by atoms with Crippen molar-refractivity contribution in [2.24, 2.45) is 0 Å². The fraction of sp³-hybridized carbons (Fsp3) is 0.190. The number of methoxy groups -OCH3 is 1. The van der Waals surface area contributed by atoms with Crippen LogP contribution in [-0.4, -0.2) is 30.5 Å². The first-order valence-electron chi connectivity index (χ1n) is 9.04. The minimum absolute atomic E-state index is 0.0851. The third kappa shape index (κ3) is 6.42. The average Bonchev–Trinajstić information content (AvgIpc) is 3.25. The van der Waals surface area contributed by atoms with Crippen LogP contribution < -0.4 is 20.1 Å². The number of nitrogens with zero attached hydrogens (tertiary/aromatic N) is 1. The monoisotopic (exact) mass is 537 g/mol. The van der Waals surface area contributed by atoms with Gasteiger partial charge in [0, 0.05) is 21.1 Å². The van der Waals surface area contributed by atoms with Gasteiger partial charge in [0.25, 0.3) is 11.8 Å². The summed E-state index contributed by atoms with van der Waals surface area (Å²) in [6, 6.07) is 14.9. The molecule has 0 radical (unpaired) electrons. The minimum Gasteiger partial charge on any atom is -0.496 e. The lowest BCUT2D eigenvalue weighted by Crippen LogP contribution is -2.28. The number of hydrogen-bond acceptors (Lipinski definition) is 6. The molecule has 0 aliphatic heterocycles. The number of para-hydroxylation sites is 1. The smallest absolute Gasteiger partial charge is 0.271 e. The third-order valence-electron chi connectivity index (χ3n) is 4.04. The summed E-state index contributed by atoms with van der Waals surface area (Å²) in [5.74, 6) is 0.809. The second kappa shape index (κ2) is 10.9. The Morgan fingerprint density at radius 2 is 1.83 bits per heavy atom. The van der Waals surface area contributed by atoms with E-state index in [1.165, 1.54) is 11.3 Å². The largest absolute Gasteiger partial charge is 0.496 e. The summed E-state index contributed by atoms with van der Waals surface area (Å²) in [5, 5.41) is 7.87. The average molecular weight is 537 g/mol. The number of aromatic nitrogens is 1. The highest BCUT2D eigenvalue weighted by Gasteiger charge is 2.12. The summed E-state index contributed by atoms with van der Waals surface area (Å²) in [5.41, 5.74) is 1.19. The zero-order valence-electron chi connectivity index (χ0n) is 16.2. The Hall–Kier alpha value is -2.66. The number of nitrogens with one attached hydrogen (secondary N) is 2. The van der Waals surface area contributed by atoms with E-state index in [0.717, 1.165) is 9.13 Å². The fourth-order valence-electron chi connectivity index (χ4n) is 2.52. The molecule has 0 aliphatic rings. The number of ether oxygens (including phenoxy) is 2. The van der Waals surface area contributed by atoms with Crippen molar-refractivity contribution in [3.05, 3.63) is 73.7 Å². The second-order valence-corrected chi connectivity index (χ2v) is 8.33. The molecule has 1 aromatic heterocycles. The van der Waals surface area contributed by atoms with Crippen molar-refractivity contribution in [2.45, 2.75) is 13.1 Å². The van der Waals surface area contributed by atoms with Gasteiger partial charge < -0.3 is 20.1 Å². The van der Waals surface area contributed by atoms with Crippen molar-refractivity contribution in [2.75, 3.05) is 13.7 Å². The van der Waals surface area contributed by atoms with Gasteiger partial charge in [-0.15, -0.1) is 11.3 Å². The first-order valence-corrected chi connectivity index (χ1v) is 11.0. The predicted molar refractivity (Wildman–Crippen MR) is 123 cm³/mol. The van der Waals surface area contributed by atoms with E-state index in [1.807, 2.05) is 48.5 Å². The highest BCUT2D eigenvalue weighted by molar-refractivity contribution is 14.1. The van der Waals surface area contributed by atoms with Crippen LogP contribution in [0.5, 0.6) is 11.5 Å². The molecule has 156 valence electrons. The van der Waals surface area contributed by atoms with Gasteiger partial charge >= 0.3 is 0 Å². The summed E-state index contributed by atoms with van der Waals surface area (Å²) < 4.78 is 11.8. The highest BCUT2D eigenvalue weighted by atomic mass is 127. The molecule has 3 rings (SSSR count). The van der Waals surface area contributed by atoms with Gasteiger partial charge in [-0.25, -0.2) is 4.98 Å². The van der Waals surface area contributed by atoms with Crippen LogP contribution in [0.3, 0.4) is 0 Å². The van der Waals surface area contributed by atoms with E-state index < -0.39 is 0 Å². The SMILES string of the molecule is COc1ccccc1CNC(=O)c1csc(CNC(=O)COc2ccc(I)cc2)n1. The van der Waals surface area contributed by atoms with Crippen molar-refractivity contribution in [1.82, 2.24) is 15.6 Å². The summed E-state index contributed by atoms with van der Waals surface area (Å²) in [6.45, 7) is 0.486. The minimum atomic E-state index is -0.281. The molecule has 2 aromatic carbocycles. The third-order valence-corrected chi connectivity index (χ3v) is 5.60. The fourth-order valence-corrected chi connectivity index (χ4v) is 3.59. The maximum Gasteiger partial charge on any atom is 0.271 e. The molecule has 2 amide bonds. The molecule has 3 aromatic rings. The molecule has 0 bridgehead atoms. The lowest BCUT2D eigenvalue weighted by molar-refractivity contribution is -0.123. The van der Waals surface area contributed by atoms with Crippen molar-refractivity contribution >= 4 is 45.7 Å². The molecule has 0 saturated heterocycles. The maximum absolute atomic E-state index is 12.3. The molecule has 2 N–H and O–H groups in total. The topological polar surface area (TPSA) is 89.6 Å². The number of benzene rings is 2. The van der Waals surface area contributed by atoms with E-state index >= 15 is 0 Å². The molecule has 1 heterocycles. The van der Waals surface area contributed by atoms with Crippen LogP contribution >= 0.6 is 33.9 Å². The number of rotatable bonds is 9. The Bertz CT molecular complexity index is 1010. The predicted octanol–water partition coefficient (Wildman–Crippen LogP) is 3.38. The lowest BCUT2D eigenvalue weighted by atomic mass is 10.2. The van der Waals surface area contributed by atoms with E-state index in [9.17, 15) is 9.59 Å². The number of halogens is 1. The molecule has 0 aliphatic carbocycles. The summed E-state index contributed by atoms with van der Waals surface area (Å²) in [4.78, 5) is 28.6. The number of amides is 2. The van der Waals surface area contributed by atoms with Gasteiger partial charge in [0.15, 0.2) is 6.61 Å². The van der Waals surface area contributed by atoms with Crippen LogP contribution in [0.2, 0.25) is 0 Å². The van der Waals surface area contributed by atoms with Crippen LogP contribution in [0, 0.1) is 3.57 Å². The van der Waals surface area contributed by atoms with E-state index in [0.29, 0.717) is 28.7 Å². The van der Waals surface area contributed by atoms with Crippen LogP contribution in [-0.2, 0) is 17.9 Å². The van der Waals surface area contributed by atoms with Gasteiger partial charge in [0.1, 0.15) is 22.2 Å². The van der Waals surface area contributed by atoms with Crippen molar-refractivity contribution in [1.29, 1.82) is 0 Å². The lowest BCUT2D eigenvalue weighted by Gasteiger charge is -2.08. The van der Waals surface area contributed by atoms with Gasteiger partial charge in [-0.3, -0.25) is 9.59 Å². The first-order chi connectivity index (χ1) is 14.5. The summed E-state index contributed by atoms with van der Waals surface area (Å²) in [7, 11) is 1.59. The number of carbonyl (C=O) groups is 2. The Morgan fingerprint density at radius 1 is 1.07 bits per heavy atom. The van der Waals surface area contributed by atoms with Crippen molar-refractivity contribution in [3.8, 4) is 11.5 Å². The zero-order valence-corrected chi connectivity index (χ0v) is 19.2. The quantitative estimate of drug-likeness (QED) is 0.409. The molecule has 0 spiro atoms. The Morgan fingerprint density at radius 3 is 2.60 bits per heavy atom. The van der Waals surface area contributed by atoms with E-state index in [-0.39, 0.29) is 25.0 Å². The van der Waals surface area contributed by atoms with Crippen molar-refractivity contribution < 1.29 is 19.1 Å². The van der Waals surface area contributed by atoms with E-state index in [1.54, 1.807) is 12.5 Å². The highest BCUT2D eigenvalue weighted by Crippen LogP contribution is 2.17. The van der Waals surface area contributed by atoms with Gasteiger partial charge in [-0.1, -0.05) is 18.2 Å². The maximum atomic E-state index is 12.3. The number of hydrogen-bond donors (Lipinski definition) is 2. The van der Waals surface area contributed by atoms with E-state index in [4.69, 9.17) is 9.47 Å². The normalized spacial score (nSPS) is 10.3. The van der Waals surface area contributed by atoms with E-state index in [2.05, 4.69) is 38.2 Å².